The van der Waals surface area contributed by atoms with E-state index in [-0.39, 0.29) is 35.7 Å². The lowest BCUT2D eigenvalue weighted by Gasteiger charge is -2.36. The van der Waals surface area contributed by atoms with Gasteiger partial charge in [-0.25, -0.2) is 4.98 Å². The number of amides is 2. The Morgan fingerprint density at radius 1 is 1.24 bits per heavy atom. The molecule has 3 fully saturated rings. The number of anilines is 1. The molecule has 1 N–H and O–H groups in total. The van der Waals surface area contributed by atoms with Gasteiger partial charge in [0, 0.05) is 35.9 Å². The van der Waals surface area contributed by atoms with Gasteiger partial charge in [0.05, 0.1) is 28.9 Å². The molecule has 3 heterocycles. The molecule has 2 aromatic heterocycles. The molecule has 2 aliphatic carbocycles. The van der Waals surface area contributed by atoms with Gasteiger partial charge in [-0.3, -0.25) is 19.2 Å². The molecule has 0 spiro atoms. The van der Waals surface area contributed by atoms with Gasteiger partial charge in [0.1, 0.15) is 5.82 Å². The number of hydrogen-bond donors (Lipinski definition) is 1. The number of piperidine rings is 1. The van der Waals surface area contributed by atoms with Gasteiger partial charge in [0.15, 0.2) is 0 Å². The maximum atomic E-state index is 13.1. The van der Waals surface area contributed by atoms with Crippen LogP contribution in [-0.2, 0) is 4.79 Å². The first-order valence-electron chi connectivity index (χ1n) is 13.1. The monoisotopic (exact) mass is 528 g/mol. The molecule has 1 aliphatic heterocycles. The van der Waals surface area contributed by atoms with Crippen molar-refractivity contribution in [3.63, 3.8) is 0 Å². The van der Waals surface area contributed by atoms with Crippen molar-refractivity contribution in [3.8, 4) is 6.07 Å². The summed E-state index contributed by atoms with van der Waals surface area (Å²) in [5, 5.41) is 17.8. The van der Waals surface area contributed by atoms with Crippen molar-refractivity contribution >= 4 is 29.2 Å². The molecule has 3 atom stereocenters. The summed E-state index contributed by atoms with van der Waals surface area (Å²) < 4.78 is 1.80. The number of benzene rings is 1. The highest BCUT2D eigenvalue weighted by Crippen LogP contribution is 2.47. The summed E-state index contributed by atoms with van der Waals surface area (Å²) in [5.74, 6) is 1.66. The van der Waals surface area contributed by atoms with Gasteiger partial charge in [-0.1, -0.05) is 11.6 Å². The Kier molecular flexibility index (Phi) is 5.99. The van der Waals surface area contributed by atoms with Crippen LogP contribution in [-0.4, -0.2) is 39.2 Å². The zero-order valence-electron chi connectivity index (χ0n) is 21.6. The van der Waals surface area contributed by atoms with E-state index in [2.05, 4.69) is 21.5 Å². The number of rotatable bonds is 6. The van der Waals surface area contributed by atoms with Crippen LogP contribution in [0.3, 0.4) is 0 Å². The summed E-state index contributed by atoms with van der Waals surface area (Å²) in [4.78, 5) is 32.0. The van der Waals surface area contributed by atoms with Gasteiger partial charge in [0.25, 0.3) is 5.91 Å². The summed E-state index contributed by atoms with van der Waals surface area (Å²) in [7, 11) is 0. The summed E-state index contributed by atoms with van der Waals surface area (Å²) in [6.07, 6.45) is 6.17. The molecular formula is C29H29ClN6O2. The molecule has 0 bridgehead atoms. The van der Waals surface area contributed by atoms with Gasteiger partial charge < -0.3 is 5.32 Å². The van der Waals surface area contributed by atoms with Crippen molar-refractivity contribution in [3.05, 3.63) is 75.2 Å². The Labute approximate surface area is 226 Å². The van der Waals surface area contributed by atoms with E-state index in [1.165, 1.54) is 0 Å². The van der Waals surface area contributed by atoms with Crippen molar-refractivity contribution in [2.45, 2.75) is 58.0 Å². The molecule has 6 rings (SSSR count). The van der Waals surface area contributed by atoms with Crippen LogP contribution in [0, 0.1) is 37.0 Å². The molecule has 38 heavy (non-hydrogen) atoms. The van der Waals surface area contributed by atoms with E-state index in [1.807, 2.05) is 39.1 Å². The van der Waals surface area contributed by atoms with Crippen molar-refractivity contribution in [2.24, 2.45) is 11.8 Å². The van der Waals surface area contributed by atoms with E-state index in [4.69, 9.17) is 11.6 Å². The Morgan fingerprint density at radius 3 is 2.71 bits per heavy atom. The van der Waals surface area contributed by atoms with Crippen LogP contribution >= 0.6 is 11.6 Å². The lowest BCUT2D eigenvalue weighted by atomic mass is 9.74. The second-order valence-electron chi connectivity index (χ2n) is 10.9. The molecule has 0 radical (unpaired) electrons. The third kappa shape index (κ3) is 4.25. The molecule has 1 aromatic carbocycles. The predicted molar refractivity (Wildman–Crippen MR) is 143 cm³/mol. The molecule has 2 amide bonds. The number of carbonyl (C=O) groups excluding carboxylic acids is 2. The average molecular weight is 529 g/mol. The highest BCUT2D eigenvalue weighted by atomic mass is 35.5. The highest BCUT2D eigenvalue weighted by molar-refractivity contribution is 6.30. The molecule has 1 unspecified atom stereocenters. The number of carbonyl (C=O) groups is 2. The van der Waals surface area contributed by atoms with Gasteiger partial charge >= 0.3 is 0 Å². The van der Waals surface area contributed by atoms with Crippen molar-refractivity contribution in [2.75, 3.05) is 11.4 Å². The fourth-order valence-corrected chi connectivity index (χ4v) is 6.07. The van der Waals surface area contributed by atoms with Crippen LogP contribution in [0.2, 0.25) is 5.02 Å². The van der Waals surface area contributed by atoms with E-state index in [0.717, 1.165) is 42.5 Å². The first-order valence-corrected chi connectivity index (χ1v) is 13.4. The summed E-state index contributed by atoms with van der Waals surface area (Å²) in [6, 6.07) is 9.46. The molecule has 3 aliphatic rings. The van der Waals surface area contributed by atoms with Gasteiger partial charge in [-0.2, -0.15) is 10.4 Å². The van der Waals surface area contributed by atoms with Crippen molar-refractivity contribution < 1.29 is 9.59 Å². The highest BCUT2D eigenvalue weighted by Gasteiger charge is 2.52. The second kappa shape index (κ2) is 9.25. The molecule has 9 heteroatoms. The van der Waals surface area contributed by atoms with E-state index in [1.54, 1.807) is 27.9 Å². The van der Waals surface area contributed by atoms with E-state index < -0.39 is 0 Å². The number of nitrogens with zero attached hydrogens (tertiary/aromatic N) is 5. The Bertz CT molecular complexity index is 1500. The SMILES string of the molecule is Cc1cc(N2C[C@H]3C[C@H]3C2=O)ncc1C(C)n1cc(C(=O)N[C@H]2C[C@@H](c3cc(Cl)ccc3C#N)C2)c(C)n1. The minimum absolute atomic E-state index is 0.0384. The number of aromatic nitrogens is 3. The van der Waals surface area contributed by atoms with Crippen molar-refractivity contribution in [1.82, 2.24) is 20.1 Å². The number of pyridine rings is 1. The van der Waals surface area contributed by atoms with Crippen LogP contribution in [0.5, 0.6) is 0 Å². The average Bonchev–Trinajstić information content (AvgIpc) is 3.43. The third-order valence-electron chi connectivity index (χ3n) is 8.39. The quantitative estimate of drug-likeness (QED) is 0.500. The summed E-state index contributed by atoms with van der Waals surface area (Å²) in [6.45, 7) is 6.66. The van der Waals surface area contributed by atoms with Crippen LogP contribution in [0.1, 0.15) is 76.5 Å². The van der Waals surface area contributed by atoms with Crippen LogP contribution < -0.4 is 10.2 Å². The first-order chi connectivity index (χ1) is 18.2. The zero-order valence-corrected chi connectivity index (χ0v) is 22.4. The van der Waals surface area contributed by atoms with Crippen LogP contribution in [0.15, 0.2) is 36.7 Å². The van der Waals surface area contributed by atoms with Crippen LogP contribution in [0.25, 0.3) is 0 Å². The number of fused-ring (bicyclic) bond motifs is 1. The fourth-order valence-electron chi connectivity index (χ4n) is 5.89. The Balaban J connectivity index is 1.11. The molecule has 8 nitrogen and oxygen atoms in total. The minimum atomic E-state index is -0.146. The maximum absolute atomic E-state index is 13.1. The lowest BCUT2D eigenvalue weighted by Crippen LogP contribution is -2.43. The number of nitrogens with one attached hydrogen (secondary N) is 1. The number of halogens is 1. The standard InChI is InChI=1S/C29H29ClN6O2/c1-15-6-27(35-13-20-9-24(20)29(35)38)32-12-25(15)17(3)36-14-26(16(2)34-36)28(37)33-22-7-19(8-22)23-10-21(30)5-4-18(23)11-31/h4-6,10,12,14,17,19-20,22,24H,7-9,13H2,1-3H3,(H,33,37)/t17?,19-,20-,22+,24-/m1/s1. The maximum Gasteiger partial charge on any atom is 0.254 e. The number of hydrogen-bond acceptors (Lipinski definition) is 5. The smallest absolute Gasteiger partial charge is 0.254 e. The van der Waals surface area contributed by atoms with E-state index in [0.29, 0.717) is 33.6 Å². The Morgan fingerprint density at radius 2 is 2.03 bits per heavy atom. The van der Waals surface area contributed by atoms with Crippen molar-refractivity contribution in [1.29, 1.82) is 5.26 Å². The molecule has 2 saturated carbocycles. The number of nitriles is 1. The normalized spacial score (nSPS) is 24.4. The molecule has 3 aromatic rings. The van der Waals surface area contributed by atoms with Gasteiger partial charge in [0.2, 0.25) is 5.91 Å². The number of aryl methyl sites for hydroxylation is 2. The molecular weight excluding hydrogens is 500 g/mol. The fraction of sp³-hybridized carbons (Fsp3) is 0.414. The first kappa shape index (κ1) is 24.6. The molecule has 194 valence electrons. The topological polar surface area (TPSA) is 104 Å². The second-order valence-corrected chi connectivity index (χ2v) is 11.4. The predicted octanol–water partition coefficient (Wildman–Crippen LogP) is 4.69. The summed E-state index contributed by atoms with van der Waals surface area (Å²) >= 11 is 6.14. The zero-order chi connectivity index (χ0) is 26.7. The van der Waals surface area contributed by atoms with E-state index >= 15 is 0 Å². The Hall–Kier alpha value is -3.70. The van der Waals surface area contributed by atoms with Gasteiger partial charge in [-0.05, 0) is 92.8 Å². The minimum Gasteiger partial charge on any atom is -0.349 e. The largest absolute Gasteiger partial charge is 0.349 e. The summed E-state index contributed by atoms with van der Waals surface area (Å²) in [5.41, 5.74) is 4.83. The third-order valence-corrected chi connectivity index (χ3v) is 8.63. The lowest BCUT2D eigenvalue weighted by molar-refractivity contribution is -0.118. The molecule has 1 saturated heterocycles. The van der Waals surface area contributed by atoms with E-state index in [9.17, 15) is 14.9 Å². The van der Waals surface area contributed by atoms with Crippen LogP contribution in [0.4, 0.5) is 5.82 Å². The van der Waals surface area contributed by atoms with Gasteiger partial charge in [-0.15, -0.1) is 0 Å².